The van der Waals surface area contributed by atoms with Gasteiger partial charge in [-0.05, 0) is 49.2 Å². The van der Waals surface area contributed by atoms with Crippen molar-refractivity contribution in [3.8, 4) is 5.75 Å². The highest BCUT2D eigenvalue weighted by atomic mass is 16.5. The number of nitrogens with zero attached hydrogens (tertiary/aromatic N) is 2. The first kappa shape index (κ1) is 16.4. The maximum atomic E-state index is 12.3. The number of anilines is 1. The second-order valence-corrected chi connectivity index (χ2v) is 6.32. The van der Waals surface area contributed by atoms with Crippen LogP contribution in [-0.4, -0.2) is 43.6 Å². The fraction of sp³-hybridized carbons (Fsp3) is 0.350. The Bertz CT molecular complexity index is 672. The van der Waals surface area contributed by atoms with Crippen molar-refractivity contribution in [3.63, 3.8) is 0 Å². The van der Waals surface area contributed by atoms with Gasteiger partial charge in [0.2, 0.25) is 0 Å². The number of amides is 1. The molecule has 1 fully saturated rings. The molecule has 2 aromatic rings. The summed E-state index contributed by atoms with van der Waals surface area (Å²) in [5.41, 5.74) is 3.81. The Morgan fingerprint density at radius 1 is 0.958 bits per heavy atom. The lowest BCUT2D eigenvalue weighted by Crippen LogP contribution is -2.50. The first-order valence-corrected chi connectivity index (χ1v) is 8.41. The van der Waals surface area contributed by atoms with E-state index in [-0.39, 0.29) is 12.5 Å². The van der Waals surface area contributed by atoms with Crippen molar-refractivity contribution in [2.75, 3.05) is 37.7 Å². The highest BCUT2D eigenvalue weighted by Gasteiger charge is 2.21. The van der Waals surface area contributed by atoms with Crippen LogP contribution in [-0.2, 0) is 4.79 Å². The largest absolute Gasteiger partial charge is 0.484 e. The van der Waals surface area contributed by atoms with Crippen LogP contribution < -0.4 is 9.64 Å². The van der Waals surface area contributed by atoms with E-state index >= 15 is 0 Å². The van der Waals surface area contributed by atoms with Gasteiger partial charge in [-0.25, -0.2) is 0 Å². The summed E-state index contributed by atoms with van der Waals surface area (Å²) in [5, 5.41) is 0. The number of para-hydroxylation sites is 1. The van der Waals surface area contributed by atoms with Gasteiger partial charge in [-0.3, -0.25) is 4.79 Å². The van der Waals surface area contributed by atoms with E-state index in [1.807, 2.05) is 35.2 Å². The Balaban J connectivity index is 1.52. The molecule has 1 amide bonds. The molecule has 4 heteroatoms. The van der Waals surface area contributed by atoms with Crippen molar-refractivity contribution in [1.29, 1.82) is 0 Å². The predicted octanol–water partition coefficient (Wildman–Crippen LogP) is 3.03. The number of rotatable bonds is 4. The fourth-order valence-electron chi connectivity index (χ4n) is 3.10. The number of carbonyl (C=O) groups is 1. The average molecular weight is 324 g/mol. The maximum Gasteiger partial charge on any atom is 0.260 e. The predicted molar refractivity (Wildman–Crippen MR) is 96.6 cm³/mol. The number of hydrogen-bond acceptors (Lipinski definition) is 3. The Labute approximate surface area is 143 Å². The number of hydrogen-bond donors (Lipinski definition) is 0. The summed E-state index contributed by atoms with van der Waals surface area (Å²) in [4.78, 5) is 16.5. The van der Waals surface area contributed by atoms with Gasteiger partial charge in [0, 0.05) is 31.9 Å². The number of benzene rings is 2. The van der Waals surface area contributed by atoms with Gasteiger partial charge in [0.1, 0.15) is 5.75 Å². The summed E-state index contributed by atoms with van der Waals surface area (Å²) in [6.07, 6.45) is 0. The van der Waals surface area contributed by atoms with Crippen LogP contribution in [0.4, 0.5) is 5.69 Å². The molecule has 1 aliphatic heterocycles. The molecule has 0 radical (unpaired) electrons. The average Bonchev–Trinajstić information content (AvgIpc) is 2.60. The van der Waals surface area contributed by atoms with Crippen LogP contribution in [0.3, 0.4) is 0 Å². The molecule has 0 N–H and O–H groups in total. The van der Waals surface area contributed by atoms with Crippen LogP contribution in [0.1, 0.15) is 11.1 Å². The van der Waals surface area contributed by atoms with Gasteiger partial charge in [-0.1, -0.05) is 24.3 Å². The molecule has 0 saturated carbocycles. The van der Waals surface area contributed by atoms with Crippen molar-refractivity contribution in [2.45, 2.75) is 13.8 Å². The zero-order valence-electron chi connectivity index (χ0n) is 14.4. The quantitative estimate of drug-likeness (QED) is 0.867. The van der Waals surface area contributed by atoms with E-state index in [0.29, 0.717) is 0 Å². The SMILES string of the molecule is Cc1cc(C)cc(N2CCN(C(=O)COc3ccccc3)CC2)c1. The molecule has 24 heavy (non-hydrogen) atoms. The van der Waals surface area contributed by atoms with Gasteiger partial charge < -0.3 is 14.5 Å². The third kappa shape index (κ3) is 4.07. The lowest BCUT2D eigenvalue weighted by atomic mass is 10.1. The normalized spacial score (nSPS) is 14.6. The number of aryl methyl sites for hydroxylation is 2. The lowest BCUT2D eigenvalue weighted by molar-refractivity contribution is -0.133. The van der Waals surface area contributed by atoms with E-state index in [1.54, 1.807) is 0 Å². The molecule has 0 spiro atoms. The molecular formula is C20H24N2O2. The van der Waals surface area contributed by atoms with E-state index in [4.69, 9.17) is 4.74 Å². The second-order valence-electron chi connectivity index (χ2n) is 6.32. The highest BCUT2D eigenvalue weighted by Crippen LogP contribution is 2.20. The Morgan fingerprint density at radius 2 is 1.58 bits per heavy atom. The van der Waals surface area contributed by atoms with Crippen LogP contribution in [0.25, 0.3) is 0 Å². The van der Waals surface area contributed by atoms with Crippen LogP contribution in [0.15, 0.2) is 48.5 Å². The van der Waals surface area contributed by atoms with E-state index in [0.717, 1.165) is 31.9 Å². The van der Waals surface area contributed by atoms with Crippen molar-refractivity contribution < 1.29 is 9.53 Å². The van der Waals surface area contributed by atoms with Crippen molar-refractivity contribution in [3.05, 3.63) is 59.7 Å². The van der Waals surface area contributed by atoms with Crippen molar-refractivity contribution in [2.24, 2.45) is 0 Å². The Hall–Kier alpha value is -2.49. The van der Waals surface area contributed by atoms with Crippen LogP contribution in [0.5, 0.6) is 5.75 Å². The van der Waals surface area contributed by atoms with Crippen LogP contribution in [0, 0.1) is 13.8 Å². The van der Waals surface area contributed by atoms with Gasteiger partial charge in [-0.2, -0.15) is 0 Å². The van der Waals surface area contributed by atoms with E-state index in [9.17, 15) is 4.79 Å². The van der Waals surface area contributed by atoms with Crippen molar-refractivity contribution >= 4 is 11.6 Å². The zero-order valence-corrected chi connectivity index (χ0v) is 14.4. The van der Waals surface area contributed by atoms with Crippen LogP contribution >= 0.6 is 0 Å². The summed E-state index contributed by atoms with van der Waals surface area (Å²) in [6.45, 7) is 7.55. The molecule has 0 unspecified atom stereocenters. The first-order valence-electron chi connectivity index (χ1n) is 8.41. The van der Waals surface area contributed by atoms with E-state index in [2.05, 4.69) is 36.9 Å². The molecule has 1 heterocycles. The molecule has 1 aliphatic rings. The molecule has 0 aromatic heterocycles. The molecule has 1 saturated heterocycles. The standard InChI is InChI=1S/C20H24N2O2/c1-16-12-17(2)14-18(13-16)21-8-10-22(11-9-21)20(23)15-24-19-6-4-3-5-7-19/h3-7,12-14H,8-11,15H2,1-2H3. The molecule has 0 atom stereocenters. The van der Waals surface area contributed by atoms with Gasteiger partial charge in [0.25, 0.3) is 5.91 Å². The van der Waals surface area contributed by atoms with Gasteiger partial charge in [0.15, 0.2) is 6.61 Å². The number of carbonyl (C=O) groups excluding carboxylic acids is 1. The Morgan fingerprint density at radius 3 is 2.21 bits per heavy atom. The highest BCUT2D eigenvalue weighted by molar-refractivity contribution is 5.78. The monoisotopic (exact) mass is 324 g/mol. The fourth-order valence-corrected chi connectivity index (χ4v) is 3.10. The van der Waals surface area contributed by atoms with E-state index < -0.39 is 0 Å². The molecule has 0 bridgehead atoms. The summed E-state index contributed by atoms with van der Waals surface area (Å²) >= 11 is 0. The summed E-state index contributed by atoms with van der Waals surface area (Å²) in [7, 11) is 0. The molecule has 3 rings (SSSR count). The third-order valence-electron chi connectivity index (χ3n) is 4.31. The summed E-state index contributed by atoms with van der Waals surface area (Å²) in [5.74, 6) is 0.790. The Kier molecular flexibility index (Phi) is 5.04. The zero-order chi connectivity index (χ0) is 16.9. The minimum Gasteiger partial charge on any atom is -0.484 e. The second kappa shape index (κ2) is 7.39. The van der Waals surface area contributed by atoms with Crippen LogP contribution in [0.2, 0.25) is 0 Å². The smallest absolute Gasteiger partial charge is 0.260 e. The maximum absolute atomic E-state index is 12.3. The van der Waals surface area contributed by atoms with E-state index in [1.165, 1.54) is 16.8 Å². The summed E-state index contributed by atoms with van der Waals surface area (Å²) < 4.78 is 5.56. The first-order chi connectivity index (χ1) is 11.6. The minimum atomic E-state index is 0.0546. The summed E-state index contributed by atoms with van der Waals surface area (Å²) in [6, 6.07) is 16.1. The number of ether oxygens (including phenoxy) is 1. The molecular weight excluding hydrogens is 300 g/mol. The molecule has 0 aliphatic carbocycles. The third-order valence-corrected chi connectivity index (χ3v) is 4.31. The molecule has 4 nitrogen and oxygen atoms in total. The van der Waals surface area contributed by atoms with Gasteiger partial charge >= 0.3 is 0 Å². The topological polar surface area (TPSA) is 32.8 Å². The molecule has 126 valence electrons. The lowest BCUT2D eigenvalue weighted by Gasteiger charge is -2.36. The van der Waals surface area contributed by atoms with Gasteiger partial charge in [-0.15, -0.1) is 0 Å². The molecule has 2 aromatic carbocycles. The van der Waals surface area contributed by atoms with Gasteiger partial charge in [0.05, 0.1) is 0 Å². The minimum absolute atomic E-state index is 0.0546. The van der Waals surface area contributed by atoms with Crippen molar-refractivity contribution in [1.82, 2.24) is 4.90 Å². The number of piperazine rings is 1.